The van der Waals surface area contributed by atoms with Crippen LogP contribution in [0, 0.1) is 11.3 Å². The van der Waals surface area contributed by atoms with E-state index in [1.807, 2.05) is 0 Å². The Hall–Kier alpha value is -0.610. The third-order valence-electron chi connectivity index (χ3n) is 3.47. The van der Waals surface area contributed by atoms with E-state index in [1.165, 1.54) is 7.11 Å². The Kier molecular flexibility index (Phi) is 5.60. The fourth-order valence-electron chi connectivity index (χ4n) is 2.47. The lowest BCUT2D eigenvalue weighted by molar-refractivity contribution is -0.147. The lowest BCUT2D eigenvalue weighted by atomic mass is 9.84. The Balaban J connectivity index is 2.53. The number of carbonyl (C=O) groups is 1. The van der Waals surface area contributed by atoms with Crippen LogP contribution in [0.4, 0.5) is 0 Å². The fraction of sp³-hybridized carbons (Fsp3) is 0.929. The molecule has 18 heavy (non-hydrogen) atoms. The number of piperazine rings is 1. The largest absolute Gasteiger partial charge is 0.469 e. The summed E-state index contributed by atoms with van der Waals surface area (Å²) in [6.07, 6.45) is 0.881. The van der Waals surface area contributed by atoms with Gasteiger partial charge in [-0.05, 0) is 18.9 Å². The predicted molar refractivity (Wildman–Crippen MR) is 73.5 cm³/mol. The molecule has 0 bridgehead atoms. The molecule has 0 radical (unpaired) electrons. The van der Waals surface area contributed by atoms with Gasteiger partial charge in [0.15, 0.2) is 0 Å². The molecule has 0 aromatic heterocycles. The first-order chi connectivity index (χ1) is 8.31. The van der Waals surface area contributed by atoms with Crippen molar-refractivity contribution in [1.82, 2.24) is 9.80 Å². The fourth-order valence-corrected chi connectivity index (χ4v) is 2.47. The summed E-state index contributed by atoms with van der Waals surface area (Å²) in [7, 11) is 3.63. The van der Waals surface area contributed by atoms with Crippen LogP contribution in [0.5, 0.6) is 0 Å². The van der Waals surface area contributed by atoms with Crippen LogP contribution in [0.25, 0.3) is 0 Å². The number of likely N-dealkylation sites (N-methyl/N-ethyl adjacent to an activating group) is 1. The van der Waals surface area contributed by atoms with E-state index in [0.29, 0.717) is 0 Å². The Morgan fingerprint density at radius 2 is 1.78 bits per heavy atom. The summed E-state index contributed by atoms with van der Waals surface area (Å²) in [5, 5.41) is 0. The first kappa shape index (κ1) is 15.4. The van der Waals surface area contributed by atoms with Crippen molar-refractivity contribution >= 4 is 5.97 Å². The average molecular weight is 256 g/mol. The van der Waals surface area contributed by atoms with Gasteiger partial charge in [0, 0.05) is 32.7 Å². The van der Waals surface area contributed by atoms with E-state index < -0.39 is 0 Å². The summed E-state index contributed by atoms with van der Waals surface area (Å²) < 4.78 is 4.94. The van der Waals surface area contributed by atoms with Gasteiger partial charge in [0.1, 0.15) is 0 Å². The SMILES string of the molecule is COC(=O)C(CN1CCN(C)CC1)CC(C)(C)C. The second kappa shape index (κ2) is 6.53. The first-order valence-electron chi connectivity index (χ1n) is 6.80. The van der Waals surface area contributed by atoms with Crippen LogP contribution < -0.4 is 0 Å². The Morgan fingerprint density at radius 3 is 2.22 bits per heavy atom. The maximum Gasteiger partial charge on any atom is 0.309 e. The van der Waals surface area contributed by atoms with Gasteiger partial charge in [0.05, 0.1) is 13.0 Å². The second-order valence-electron chi connectivity index (χ2n) is 6.59. The Bertz CT molecular complexity index is 265. The van der Waals surface area contributed by atoms with Gasteiger partial charge in [-0.15, -0.1) is 0 Å². The average Bonchev–Trinajstić information content (AvgIpc) is 2.28. The molecule has 0 spiro atoms. The van der Waals surface area contributed by atoms with E-state index in [9.17, 15) is 4.79 Å². The van der Waals surface area contributed by atoms with E-state index >= 15 is 0 Å². The lowest BCUT2D eigenvalue weighted by Crippen LogP contribution is -2.47. The smallest absolute Gasteiger partial charge is 0.309 e. The number of hydrogen-bond acceptors (Lipinski definition) is 4. The van der Waals surface area contributed by atoms with Crippen molar-refractivity contribution in [2.75, 3.05) is 46.9 Å². The number of ether oxygens (including phenoxy) is 1. The van der Waals surface area contributed by atoms with Crippen LogP contribution in [0.1, 0.15) is 27.2 Å². The van der Waals surface area contributed by atoms with Gasteiger partial charge in [0.2, 0.25) is 0 Å². The van der Waals surface area contributed by atoms with Crippen molar-refractivity contribution in [3.05, 3.63) is 0 Å². The van der Waals surface area contributed by atoms with Crippen LogP contribution >= 0.6 is 0 Å². The molecule has 0 N–H and O–H groups in total. The van der Waals surface area contributed by atoms with Crippen molar-refractivity contribution in [2.24, 2.45) is 11.3 Å². The number of hydrogen-bond donors (Lipinski definition) is 0. The zero-order chi connectivity index (χ0) is 13.8. The highest BCUT2D eigenvalue weighted by atomic mass is 16.5. The minimum absolute atomic E-state index is 0.00148. The maximum absolute atomic E-state index is 11.9. The third-order valence-corrected chi connectivity index (χ3v) is 3.47. The molecule has 0 amide bonds. The molecule has 0 saturated carbocycles. The number of carbonyl (C=O) groups excluding carboxylic acids is 1. The monoisotopic (exact) mass is 256 g/mol. The molecule has 1 aliphatic heterocycles. The molecule has 4 heteroatoms. The predicted octanol–water partition coefficient (Wildman–Crippen LogP) is 1.46. The zero-order valence-electron chi connectivity index (χ0n) is 12.5. The van der Waals surface area contributed by atoms with E-state index in [4.69, 9.17) is 4.74 Å². The molecule has 0 aromatic rings. The zero-order valence-corrected chi connectivity index (χ0v) is 12.5. The van der Waals surface area contributed by atoms with Gasteiger partial charge in [-0.2, -0.15) is 0 Å². The Labute approximate surface area is 111 Å². The quantitative estimate of drug-likeness (QED) is 0.713. The first-order valence-corrected chi connectivity index (χ1v) is 6.80. The molecule has 1 rings (SSSR count). The molecule has 1 saturated heterocycles. The maximum atomic E-state index is 11.9. The molecule has 1 heterocycles. The third kappa shape index (κ3) is 5.36. The lowest BCUT2D eigenvalue weighted by Gasteiger charge is -2.35. The molecule has 1 atom stereocenters. The highest BCUT2D eigenvalue weighted by Crippen LogP contribution is 2.26. The number of esters is 1. The molecule has 4 nitrogen and oxygen atoms in total. The topological polar surface area (TPSA) is 32.8 Å². The number of rotatable bonds is 4. The molecular weight excluding hydrogens is 228 g/mol. The standard InChI is InChI=1S/C14H28N2O2/c1-14(2,3)10-12(13(17)18-5)11-16-8-6-15(4)7-9-16/h12H,6-11H2,1-5H3. The van der Waals surface area contributed by atoms with Gasteiger partial charge in [-0.3, -0.25) is 9.69 Å². The van der Waals surface area contributed by atoms with Gasteiger partial charge in [-0.25, -0.2) is 0 Å². The van der Waals surface area contributed by atoms with Gasteiger partial charge >= 0.3 is 5.97 Å². The summed E-state index contributed by atoms with van der Waals surface area (Å²) in [6, 6.07) is 0. The van der Waals surface area contributed by atoms with Crippen molar-refractivity contribution < 1.29 is 9.53 Å². The van der Waals surface area contributed by atoms with Crippen LogP contribution in [0.3, 0.4) is 0 Å². The van der Waals surface area contributed by atoms with E-state index in [2.05, 4.69) is 37.6 Å². The van der Waals surface area contributed by atoms with Crippen molar-refractivity contribution in [3.63, 3.8) is 0 Å². The minimum atomic E-state index is -0.0659. The summed E-state index contributed by atoms with van der Waals surface area (Å²) >= 11 is 0. The highest BCUT2D eigenvalue weighted by molar-refractivity contribution is 5.72. The molecule has 106 valence electrons. The summed E-state index contributed by atoms with van der Waals surface area (Å²) in [5.41, 5.74) is 0.158. The van der Waals surface area contributed by atoms with Gasteiger partial charge in [0.25, 0.3) is 0 Å². The van der Waals surface area contributed by atoms with Crippen LogP contribution in [-0.4, -0.2) is 62.7 Å². The Morgan fingerprint density at radius 1 is 1.22 bits per heavy atom. The minimum Gasteiger partial charge on any atom is -0.469 e. The molecule has 0 aromatic carbocycles. The molecule has 1 fully saturated rings. The second-order valence-corrected chi connectivity index (χ2v) is 6.59. The molecule has 1 aliphatic rings. The summed E-state index contributed by atoms with van der Waals surface area (Å²) in [5.74, 6) is -0.0674. The van der Waals surface area contributed by atoms with Gasteiger partial charge < -0.3 is 9.64 Å². The van der Waals surface area contributed by atoms with E-state index in [0.717, 1.165) is 39.1 Å². The molecule has 1 unspecified atom stereocenters. The molecule has 0 aliphatic carbocycles. The van der Waals surface area contributed by atoms with Crippen molar-refractivity contribution in [2.45, 2.75) is 27.2 Å². The summed E-state index contributed by atoms with van der Waals surface area (Å²) in [6.45, 7) is 11.6. The highest BCUT2D eigenvalue weighted by Gasteiger charge is 2.28. The molecular formula is C14H28N2O2. The van der Waals surface area contributed by atoms with Crippen molar-refractivity contribution in [1.29, 1.82) is 0 Å². The summed E-state index contributed by atoms with van der Waals surface area (Å²) in [4.78, 5) is 16.6. The van der Waals surface area contributed by atoms with Crippen LogP contribution in [0.2, 0.25) is 0 Å². The van der Waals surface area contributed by atoms with E-state index in [1.54, 1.807) is 0 Å². The van der Waals surface area contributed by atoms with Crippen LogP contribution in [-0.2, 0) is 9.53 Å². The van der Waals surface area contributed by atoms with Crippen molar-refractivity contribution in [3.8, 4) is 0 Å². The normalized spacial score (nSPS) is 20.7. The number of methoxy groups -OCH3 is 1. The number of nitrogens with zero attached hydrogens (tertiary/aromatic N) is 2. The van der Waals surface area contributed by atoms with E-state index in [-0.39, 0.29) is 17.3 Å². The van der Waals surface area contributed by atoms with Crippen LogP contribution in [0.15, 0.2) is 0 Å². The van der Waals surface area contributed by atoms with Gasteiger partial charge in [-0.1, -0.05) is 20.8 Å².